The molecule has 3 aliphatic rings. The highest BCUT2D eigenvalue weighted by molar-refractivity contribution is 5.82. The molecule has 1 saturated heterocycles. The van der Waals surface area contributed by atoms with E-state index in [4.69, 9.17) is 4.74 Å². The van der Waals surface area contributed by atoms with Gasteiger partial charge in [-0.3, -0.25) is 4.90 Å². The summed E-state index contributed by atoms with van der Waals surface area (Å²) in [5, 5.41) is 3.22. The zero-order chi connectivity index (χ0) is 16.4. The maximum absolute atomic E-state index is 13.3. The van der Waals surface area contributed by atoms with E-state index in [0.717, 1.165) is 37.9 Å². The van der Waals surface area contributed by atoms with Crippen molar-refractivity contribution in [1.29, 1.82) is 0 Å². The molecule has 0 unspecified atom stereocenters. The molecule has 1 aromatic carbocycles. The fourth-order valence-electron chi connectivity index (χ4n) is 3.29. The minimum atomic E-state index is -0.305. The molecule has 5 nitrogen and oxygen atoms in total. The van der Waals surface area contributed by atoms with Crippen LogP contribution >= 0.6 is 0 Å². The topological polar surface area (TPSA) is 40.1 Å². The Balaban J connectivity index is 1.41. The summed E-state index contributed by atoms with van der Waals surface area (Å²) in [5.41, 5.74) is 0. The van der Waals surface area contributed by atoms with Gasteiger partial charge in [-0.1, -0.05) is 6.07 Å². The van der Waals surface area contributed by atoms with Crippen molar-refractivity contribution < 1.29 is 9.13 Å². The Kier molecular flexibility index (Phi) is 4.38. The molecule has 4 rings (SSSR count). The smallest absolute Gasteiger partial charge is 0.215 e. The lowest BCUT2D eigenvalue weighted by Gasteiger charge is -2.26. The van der Waals surface area contributed by atoms with Crippen LogP contribution in [0.2, 0.25) is 0 Å². The summed E-state index contributed by atoms with van der Waals surface area (Å²) in [6.45, 7) is 4.78. The van der Waals surface area contributed by atoms with Crippen LogP contribution in [-0.2, 0) is 0 Å². The number of nitrogens with one attached hydrogen (secondary N) is 1. The molecule has 2 heterocycles. The molecule has 1 aliphatic carbocycles. The fraction of sp³-hybridized carbons (Fsp3) is 0.500. The normalized spacial score (nSPS) is 22.3. The van der Waals surface area contributed by atoms with Crippen molar-refractivity contribution in [1.82, 2.24) is 15.1 Å². The summed E-state index contributed by atoms with van der Waals surface area (Å²) < 4.78 is 19.0. The average Bonchev–Trinajstić information content (AvgIpc) is 3.41. The largest absolute Gasteiger partial charge is 0.441 e. The Labute approximate surface area is 141 Å². The van der Waals surface area contributed by atoms with E-state index in [1.807, 2.05) is 6.20 Å². The van der Waals surface area contributed by atoms with Crippen LogP contribution in [0.25, 0.3) is 0 Å². The van der Waals surface area contributed by atoms with Crippen LogP contribution < -0.4 is 10.1 Å². The first-order chi connectivity index (χ1) is 11.8. The van der Waals surface area contributed by atoms with Crippen LogP contribution in [0.5, 0.6) is 5.75 Å². The van der Waals surface area contributed by atoms with Crippen molar-refractivity contribution in [2.45, 2.75) is 25.3 Å². The molecule has 1 aromatic rings. The van der Waals surface area contributed by atoms with Gasteiger partial charge in [0.15, 0.2) is 0 Å². The average molecular weight is 330 g/mol. The fourth-order valence-corrected chi connectivity index (χ4v) is 3.29. The highest BCUT2D eigenvalue weighted by Gasteiger charge is 2.30. The zero-order valence-corrected chi connectivity index (χ0v) is 13.7. The number of benzene rings is 1. The standard InChI is InChI=1S/C18H23FN4O/c19-14-3-1-4-16(11-14)24-18-13-20-12-17(21-18)23-8-2-7-22(9-10-23)15-5-6-15/h1,3-4,11-12,15,20H,2,5-10,13H2. The zero-order valence-electron chi connectivity index (χ0n) is 13.7. The van der Waals surface area contributed by atoms with E-state index >= 15 is 0 Å². The van der Waals surface area contributed by atoms with Gasteiger partial charge in [0.2, 0.25) is 5.90 Å². The summed E-state index contributed by atoms with van der Waals surface area (Å²) in [4.78, 5) is 9.55. The van der Waals surface area contributed by atoms with E-state index in [1.54, 1.807) is 12.1 Å². The third-order valence-corrected chi connectivity index (χ3v) is 4.67. The minimum Gasteiger partial charge on any atom is -0.441 e. The molecule has 2 fully saturated rings. The molecule has 1 saturated carbocycles. The number of nitrogens with zero attached hydrogens (tertiary/aromatic N) is 3. The van der Waals surface area contributed by atoms with E-state index in [0.29, 0.717) is 18.2 Å². The Morgan fingerprint density at radius 3 is 2.92 bits per heavy atom. The van der Waals surface area contributed by atoms with Gasteiger partial charge in [0.05, 0.1) is 6.54 Å². The molecule has 1 N–H and O–H groups in total. The molecule has 128 valence electrons. The lowest BCUT2D eigenvalue weighted by Crippen LogP contribution is -2.35. The van der Waals surface area contributed by atoms with Gasteiger partial charge in [0, 0.05) is 44.5 Å². The molecule has 0 bridgehead atoms. The Hall–Kier alpha value is -2.08. The third-order valence-electron chi connectivity index (χ3n) is 4.67. The number of aliphatic imine (C=N–C) groups is 1. The molecular weight excluding hydrogens is 307 g/mol. The molecule has 0 spiro atoms. The molecule has 24 heavy (non-hydrogen) atoms. The number of halogens is 1. The Bertz CT molecular complexity index is 656. The summed E-state index contributed by atoms with van der Waals surface area (Å²) in [5.74, 6) is 1.65. The van der Waals surface area contributed by atoms with Crippen molar-refractivity contribution in [3.8, 4) is 5.75 Å². The lowest BCUT2D eigenvalue weighted by atomic mass is 10.3. The second kappa shape index (κ2) is 6.81. The van der Waals surface area contributed by atoms with Crippen LogP contribution in [0.4, 0.5) is 4.39 Å². The summed E-state index contributed by atoms with van der Waals surface area (Å²) >= 11 is 0. The first kappa shape index (κ1) is 15.4. The van der Waals surface area contributed by atoms with Crippen molar-refractivity contribution in [3.63, 3.8) is 0 Å². The van der Waals surface area contributed by atoms with Gasteiger partial charge in [-0.15, -0.1) is 0 Å². The molecule has 0 amide bonds. The van der Waals surface area contributed by atoms with Gasteiger partial charge in [0.1, 0.15) is 17.4 Å². The van der Waals surface area contributed by atoms with Crippen LogP contribution in [-0.4, -0.2) is 54.5 Å². The summed E-state index contributed by atoms with van der Waals surface area (Å²) in [7, 11) is 0. The van der Waals surface area contributed by atoms with Gasteiger partial charge >= 0.3 is 0 Å². The molecule has 2 aliphatic heterocycles. The van der Waals surface area contributed by atoms with E-state index in [-0.39, 0.29) is 5.82 Å². The second-order valence-electron chi connectivity index (χ2n) is 6.56. The maximum Gasteiger partial charge on any atom is 0.215 e. The highest BCUT2D eigenvalue weighted by atomic mass is 19.1. The predicted octanol–water partition coefficient (Wildman–Crippen LogP) is 2.18. The number of hydrogen-bond acceptors (Lipinski definition) is 5. The van der Waals surface area contributed by atoms with E-state index < -0.39 is 0 Å². The van der Waals surface area contributed by atoms with Crippen LogP contribution in [0.1, 0.15) is 19.3 Å². The van der Waals surface area contributed by atoms with Crippen LogP contribution in [0.3, 0.4) is 0 Å². The molecule has 6 heteroatoms. The van der Waals surface area contributed by atoms with Crippen molar-refractivity contribution in [2.75, 3.05) is 32.7 Å². The van der Waals surface area contributed by atoms with Crippen molar-refractivity contribution in [2.24, 2.45) is 4.99 Å². The minimum absolute atomic E-state index is 0.305. The van der Waals surface area contributed by atoms with Gasteiger partial charge in [-0.25, -0.2) is 4.39 Å². The van der Waals surface area contributed by atoms with Gasteiger partial charge in [-0.05, 0) is 31.4 Å². The number of hydrogen-bond donors (Lipinski definition) is 1. The molecule has 0 atom stereocenters. The predicted molar refractivity (Wildman–Crippen MR) is 91.3 cm³/mol. The van der Waals surface area contributed by atoms with Gasteiger partial charge < -0.3 is 15.0 Å². The van der Waals surface area contributed by atoms with Crippen LogP contribution in [0, 0.1) is 5.82 Å². The maximum atomic E-state index is 13.3. The summed E-state index contributed by atoms with van der Waals surface area (Å²) in [6, 6.07) is 6.98. The molecule has 0 radical (unpaired) electrons. The highest BCUT2D eigenvalue weighted by Crippen LogP contribution is 2.28. The monoisotopic (exact) mass is 330 g/mol. The SMILES string of the molecule is Fc1cccc(OC2=NC(N3CCCN(C4CC4)CC3)=CNC2)c1. The van der Waals surface area contributed by atoms with E-state index in [2.05, 4.69) is 20.1 Å². The Morgan fingerprint density at radius 1 is 1.17 bits per heavy atom. The quantitative estimate of drug-likeness (QED) is 0.922. The second-order valence-corrected chi connectivity index (χ2v) is 6.56. The van der Waals surface area contributed by atoms with Gasteiger partial charge in [0.25, 0.3) is 0 Å². The molecule has 0 aromatic heterocycles. The first-order valence-corrected chi connectivity index (χ1v) is 8.71. The van der Waals surface area contributed by atoms with E-state index in [9.17, 15) is 4.39 Å². The summed E-state index contributed by atoms with van der Waals surface area (Å²) in [6.07, 6.45) is 5.82. The van der Waals surface area contributed by atoms with Gasteiger partial charge in [-0.2, -0.15) is 4.99 Å². The van der Waals surface area contributed by atoms with Crippen molar-refractivity contribution >= 4 is 5.90 Å². The molecular formula is C18H23FN4O. The lowest BCUT2D eigenvalue weighted by molar-refractivity contribution is 0.268. The Morgan fingerprint density at radius 2 is 2.08 bits per heavy atom. The van der Waals surface area contributed by atoms with E-state index in [1.165, 1.54) is 31.5 Å². The third kappa shape index (κ3) is 3.70. The van der Waals surface area contributed by atoms with Crippen molar-refractivity contribution in [3.05, 3.63) is 42.1 Å². The van der Waals surface area contributed by atoms with Crippen LogP contribution in [0.15, 0.2) is 41.3 Å². The number of ether oxygens (including phenoxy) is 1. The number of rotatable bonds is 3. The first-order valence-electron chi connectivity index (χ1n) is 8.71.